The number of unbranched alkanes of at least 4 members (excludes halogenated alkanes) is 1. The van der Waals surface area contributed by atoms with Gasteiger partial charge in [0.15, 0.2) is 5.11 Å². The summed E-state index contributed by atoms with van der Waals surface area (Å²) in [5.74, 6) is 0.495. The van der Waals surface area contributed by atoms with Crippen LogP contribution in [0.2, 0.25) is 0 Å². The van der Waals surface area contributed by atoms with Gasteiger partial charge in [0.05, 0.1) is 0 Å². The molecular weight excluding hydrogens is 313 g/mol. The minimum absolute atomic E-state index is 0.348. The molecule has 0 atom stereocenters. The second-order valence-corrected chi connectivity index (χ2v) is 5.40. The summed E-state index contributed by atoms with van der Waals surface area (Å²) in [6, 6.07) is 9.69. The van der Waals surface area contributed by atoms with Gasteiger partial charge in [0, 0.05) is 30.9 Å². The Morgan fingerprint density at radius 2 is 2.13 bits per heavy atom. The Hall–Kier alpha value is -2.21. The minimum Gasteiger partial charge on any atom is -0.439 e. The van der Waals surface area contributed by atoms with E-state index in [1.54, 1.807) is 18.3 Å². The third-order valence-electron chi connectivity index (χ3n) is 3.12. The van der Waals surface area contributed by atoms with Gasteiger partial charge < -0.3 is 15.4 Å². The van der Waals surface area contributed by atoms with Gasteiger partial charge in [-0.05, 0) is 36.8 Å². The molecule has 0 saturated heterocycles. The molecule has 4 nitrogen and oxygen atoms in total. The van der Waals surface area contributed by atoms with Gasteiger partial charge in [0.1, 0.15) is 11.6 Å². The molecule has 0 bridgehead atoms. The zero-order chi connectivity index (χ0) is 16.5. The van der Waals surface area contributed by atoms with Crippen molar-refractivity contribution in [3.05, 3.63) is 54.0 Å². The number of nitrogens with one attached hydrogen (secondary N) is 2. The second-order valence-electron chi connectivity index (χ2n) is 4.99. The SMILES string of the molecule is CCCCNC(=S)NCc1cccnc1Oc1cccc(F)c1. The molecular formula is C17H20FN3OS. The largest absolute Gasteiger partial charge is 0.439 e. The average Bonchev–Trinajstić information content (AvgIpc) is 2.54. The number of ether oxygens (including phenoxy) is 1. The van der Waals surface area contributed by atoms with Crippen molar-refractivity contribution in [3.63, 3.8) is 0 Å². The highest BCUT2D eigenvalue weighted by Crippen LogP contribution is 2.23. The van der Waals surface area contributed by atoms with Gasteiger partial charge in [-0.3, -0.25) is 0 Å². The molecule has 23 heavy (non-hydrogen) atoms. The molecule has 0 spiro atoms. The van der Waals surface area contributed by atoms with Crippen LogP contribution >= 0.6 is 12.2 Å². The normalized spacial score (nSPS) is 10.2. The van der Waals surface area contributed by atoms with Gasteiger partial charge in [0.2, 0.25) is 5.88 Å². The van der Waals surface area contributed by atoms with Crippen LogP contribution in [0.15, 0.2) is 42.6 Å². The molecule has 2 aromatic rings. The summed E-state index contributed by atoms with van der Waals surface area (Å²) in [6.07, 6.45) is 3.82. The van der Waals surface area contributed by atoms with Crippen LogP contribution in [-0.4, -0.2) is 16.6 Å². The van der Waals surface area contributed by atoms with Crippen LogP contribution in [0.25, 0.3) is 0 Å². The lowest BCUT2D eigenvalue weighted by atomic mass is 10.2. The van der Waals surface area contributed by atoms with Crippen LogP contribution in [0, 0.1) is 5.82 Å². The molecule has 2 N–H and O–H groups in total. The third-order valence-corrected chi connectivity index (χ3v) is 3.40. The first-order valence-corrected chi connectivity index (χ1v) is 7.99. The number of benzene rings is 1. The maximum Gasteiger partial charge on any atom is 0.224 e. The Kier molecular flexibility index (Phi) is 6.75. The maximum absolute atomic E-state index is 13.2. The van der Waals surface area contributed by atoms with Gasteiger partial charge in [-0.15, -0.1) is 0 Å². The van der Waals surface area contributed by atoms with Gasteiger partial charge in [0.25, 0.3) is 0 Å². The Morgan fingerprint density at radius 3 is 2.91 bits per heavy atom. The van der Waals surface area contributed by atoms with Crippen molar-refractivity contribution in [2.75, 3.05) is 6.54 Å². The Labute approximate surface area is 141 Å². The maximum atomic E-state index is 13.2. The summed E-state index contributed by atoms with van der Waals surface area (Å²) in [6.45, 7) is 3.46. The molecule has 0 amide bonds. The number of nitrogens with zero attached hydrogens (tertiary/aromatic N) is 1. The first kappa shape index (κ1) is 17.1. The molecule has 0 aliphatic rings. The van der Waals surface area contributed by atoms with Crippen LogP contribution in [-0.2, 0) is 6.54 Å². The highest BCUT2D eigenvalue weighted by molar-refractivity contribution is 7.80. The first-order chi connectivity index (χ1) is 11.2. The summed E-state index contributed by atoms with van der Waals surface area (Å²) < 4.78 is 18.9. The summed E-state index contributed by atoms with van der Waals surface area (Å²) in [5, 5.41) is 6.86. The number of aromatic nitrogens is 1. The summed E-state index contributed by atoms with van der Waals surface area (Å²) >= 11 is 5.22. The quantitative estimate of drug-likeness (QED) is 0.596. The van der Waals surface area contributed by atoms with Crippen LogP contribution in [0.4, 0.5) is 4.39 Å². The molecule has 0 radical (unpaired) electrons. The first-order valence-electron chi connectivity index (χ1n) is 7.58. The van der Waals surface area contributed by atoms with Crippen molar-refractivity contribution >= 4 is 17.3 Å². The van der Waals surface area contributed by atoms with E-state index >= 15 is 0 Å². The minimum atomic E-state index is -0.348. The lowest BCUT2D eigenvalue weighted by Crippen LogP contribution is -2.35. The molecule has 0 saturated carbocycles. The van der Waals surface area contributed by atoms with E-state index in [4.69, 9.17) is 17.0 Å². The molecule has 122 valence electrons. The predicted molar refractivity (Wildman–Crippen MR) is 93.1 cm³/mol. The number of pyridine rings is 1. The predicted octanol–water partition coefficient (Wildman–Crippen LogP) is 3.78. The van der Waals surface area contributed by atoms with E-state index in [2.05, 4.69) is 22.5 Å². The van der Waals surface area contributed by atoms with E-state index < -0.39 is 0 Å². The molecule has 0 aliphatic carbocycles. The second kappa shape index (κ2) is 9.05. The molecule has 0 aliphatic heterocycles. The number of rotatable bonds is 7. The van der Waals surface area contributed by atoms with Crippen LogP contribution < -0.4 is 15.4 Å². The fourth-order valence-corrected chi connectivity index (χ4v) is 2.08. The molecule has 0 fully saturated rings. The molecule has 1 heterocycles. The average molecular weight is 333 g/mol. The Balaban J connectivity index is 1.96. The zero-order valence-corrected chi connectivity index (χ0v) is 13.8. The molecule has 6 heteroatoms. The standard InChI is InChI=1S/C17H20FN3OS/c1-2-3-9-20-17(23)21-12-13-6-5-10-19-16(13)22-15-8-4-7-14(18)11-15/h4-8,10-11H,2-3,9,12H2,1H3,(H2,20,21,23). The lowest BCUT2D eigenvalue weighted by molar-refractivity contribution is 0.451. The van der Waals surface area contributed by atoms with Gasteiger partial charge >= 0.3 is 0 Å². The number of thiocarbonyl (C=S) groups is 1. The van der Waals surface area contributed by atoms with Crippen molar-refractivity contribution < 1.29 is 9.13 Å². The molecule has 2 rings (SSSR count). The third kappa shape index (κ3) is 5.83. The Bertz CT molecular complexity index is 651. The van der Waals surface area contributed by atoms with Crippen molar-refractivity contribution in [1.82, 2.24) is 15.6 Å². The van der Waals surface area contributed by atoms with Gasteiger partial charge in [-0.2, -0.15) is 0 Å². The molecule has 1 aromatic heterocycles. The number of hydrogen-bond acceptors (Lipinski definition) is 3. The van der Waals surface area contributed by atoms with Crippen LogP contribution in [0.5, 0.6) is 11.6 Å². The molecule has 1 aromatic carbocycles. The fourth-order valence-electron chi connectivity index (χ4n) is 1.91. The smallest absolute Gasteiger partial charge is 0.224 e. The van der Waals surface area contributed by atoms with Crippen LogP contribution in [0.1, 0.15) is 25.3 Å². The monoisotopic (exact) mass is 333 g/mol. The molecule has 0 unspecified atom stereocenters. The van der Waals surface area contributed by atoms with Crippen molar-refractivity contribution in [3.8, 4) is 11.6 Å². The summed E-state index contributed by atoms with van der Waals surface area (Å²) in [7, 11) is 0. The highest BCUT2D eigenvalue weighted by atomic mass is 32.1. The fraction of sp³-hybridized carbons (Fsp3) is 0.294. The van der Waals surface area contributed by atoms with E-state index in [0.29, 0.717) is 23.3 Å². The lowest BCUT2D eigenvalue weighted by Gasteiger charge is -2.13. The Morgan fingerprint density at radius 1 is 1.26 bits per heavy atom. The van der Waals surface area contributed by atoms with E-state index in [-0.39, 0.29) is 5.82 Å². The number of hydrogen-bond donors (Lipinski definition) is 2. The van der Waals surface area contributed by atoms with E-state index in [9.17, 15) is 4.39 Å². The van der Waals surface area contributed by atoms with E-state index in [0.717, 1.165) is 24.9 Å². The summed E-state index contributed by atoms with van der Waals surface area (Å²) in [5.41, 5.74) is 0.844. The van der Waals surface area contributed by atoms with Gasteiger partial charge in [-0.1, -0.05) is 25.5 Å². The van der Waals surface area contributed by atoms with Gasteiger partial charge in [-0.25, -0.2) is 9.37 Å². The summed E-state index contributed by atoms with van der Waals surface area (Å²) in [4.78, 5) is 4.21. The van der Waals surface area contributed by atoms with Crippen molar-refractivity contribution in [2.45, 2.75) is 26.3 Å². The van der Waals surface area contributed by atoms with Crippen LogP contribution in [0.3, 0.4) is 0 Å². The highest BCUT2D eigenvalue weighted by Gasteiger charge is 2.07. The zero-order valence-electron chi connectivity index (χ0n) is 13.0. The number of halogens is 1. The van der Waals surface area contributed by atoms with Crippen molar-refractivity contribution in [2.24, 2.45) is 0 Å². The van der Waals surface area contributed by atoms with E-state index in [1.165, 1.54) is 12.1 Å². The van der Waals surface area contributed by atoms with E-state index in [1.807, 2.05) is 12.1 Å². The topological polar surface area (TPSA) is 46.2 Å². The van der Waals surface area contributed by atoms with Crippen molar-refractivity contribution in [1.29, 1.82) is 0 Å².